The molecule has 0 bridgehead atoms. The maximum atomic E-state index is 15.0. The van der Waals surface area contributed by atoms with Gasteiger partial charge in [0.15, 0.2) is 17.7 Å². The number of anilines is 1. The Morgan fingerprint density at radius 2 is 2.08 bits per heavy atom. The highest BCUT2D eigenvalue weighted by atomic mass is 32.2. The Kier molecular flexibility index (Phi) is 8.52. The molecule has 2 aliphatic heterocycles. The van der Waals surface area contributed by atoms with Gasteiger partial charge in [-0.3, -0.25) is 13.9 Å². The first-order valence-electron chi connectivity index (χ1n) is 11.6. The van der Waals surface area contributed by atoms with Crippen LogP contribution in [0.15, 0.2) is 35.3 Å². The Labute approximate surface area is 221 Å². The Bertz CT molecular complexity index is 1280. The van der Waals surface area contributed by atoms with E-state index in [0.29, 0.717) is 11.5 Å². The molecular weight excluding hydrogens is 546 g/mol. The van der Waals surface area contributed by atoms with E-state index in [9.17, 15) is 23.7 Å². The van der Waals surface area contributed by atoms with Gasteiger partial charge in [-0.1, -0.05) is 0 Å². The van der Waals surface area contributed by atoms with E-state index in [1.165, 1.54) is 31.3 Å². The average molecular weight is 575 g/mol. The van der Waals surface area contributed by atoms with Crippen LogP contribution in [0.3, 0.4) is 0 Å². The summed E-state index contributed by atoms with van der Waals surface area (Å²) in [5, 5.41) is 11.0. The van der Waals surface area contributed by atoms with E-state index in [4.69, 9.17) is 29.0 Å². The molecule has 3 heterocycles. The number of aliphatic hydroxyl groups is 1. The zero-order valence-corrected chi connectivity index (χ0v) is 22.4. The van der Waals surface area contributed by atoms with E-state index in [1.807, 2.05) is 0 Å². The molecule has 38 heavy (non-hydrogen) atoms. The molecule has 4 rings (SSSR count). The molecule has 0 aliphatic carbocycles. The van der Waals surface area contributed by atoms with Crippen molar-refractivity contribution in [1.29, 1.82) is 0 Å². The monoisotopic (exact) mass is 574 g/mol. The smallest absolute Gasteiger partial charge is 0.459 e. The van der Waals surface area contributed by atoms with Gasteiger partial charge < -0.3 is 29.6 Å². The third-order valence-electron chi connectivity index (χ3n) is 5.46. The van der Waals surface area contributed by atoms with E-state index < -0.39 is 61.1 Å². The second kappa shape index (κ2) is 11.5. The molecule has 2 aromatic rings. The second-order valence-electron chi connectivity index (χ2n) is 8.78. The van der Waals surface area contributed by atoms with Crippen LogP contribution < -0.4 is 30.5 Å². The van der Waals surface area contributed by atoms with E-state index >= 15 is 0 Å². The van der Waals surface area contributed by atoms with Gasteiger partial charge in [0, 0.05) is 12.3 Å². The van der Waals surface area contributed by atoms with E-state index in [0.717, 1.165) is 16.3 Å². The van der Waals surface area contributed by atoms with Gasteiger partial charge >= 0.3 is 19.4 Å². The summed E-state index contributed by atoms with van der Waals surface area (Å²) in [5.74, 6) is 0.173. The highest BCUT2D eigenvalue weighted by Crippen LogP contribution is 2.50. The first-order valence-corrected chi connectivity index (χ1v) is 14.1. The number of hydrogen-bond acceptors (Lipinski definition) is 12. The largest absolute Gasteiger partial charge is 0.462 e. The number of fused-ring (bicyclic) bond motifs is 1. The number of ether oxygens (including phenoxy) is 3. The van der Waals surface area contributed by atoms with Gasteiger partial charge in [-0.2, -0.15) is 10.1 Å². The molecule has 0 amide bonds. The standard InChI is InChI=1S/C22H28FN4O9PS/c1-11(2)35-21(29)12(3)26-37(31,36-13-4-5-14-15(8-13)33-10-32-14)34-9-16-19(28)18(23)20(38-16)27-7-6-17(24)25-22(27)30/h4-8,11-12,16,18-20,28H,9-10H2,1-3H3,(H,26,31)(H2,24,25,30)/t12-,16+,18-,19+,20+,37+/m0/s1. The van der Waals surface area contributed by atoms with Gasteiger partial charge in [0.2, 0.25) is 6.79 Å². The van der Waals surface area contributed by atoms with E-state index in [2.05, 4.69) is 10.1 Å². The van der Waals surface area contributed by atoms with Gasteiger partial charge in [0.25, 0.3) is 0 Å². The van der Waals surface area contributed by atoms with Gasteiger partial charge in [-0.25, -0.2) is 13.8 Å². The molecule has 1 saturated heterocycles. The highest BCUT2D eigenvalue weighted by Gasteiger charge is 2.46. The average Bonchev–Trinajstić information content (AvgIpc) is 3.42. The summed E-state index contributed by atoms with van der Waals surface area (Å²) in [6.07, 6.45) is -2.57. The van der Waals surface area contributed by atoms with Gasteiger partial charge in [-0.15, -0.1) is 11.8 Å². The van der Waals surface area contributed by atoms with Crippen molar-refractivity contribution in [3.05, 3.63) is 40.9 Å². The Balaban J connectivity index is 1.51. The first-order chi connectivity index (χ1) is 18.0. The number of alkyl halides is 1. The van der Waals surface area contributed by atoms with Gasteiger partial charge in [0.1, 0.15) is 29.1 Å². The maximum absolute atomic E-state index is 15.0. The Morgan fingerprint density at radius 1 is 1.34 bits per heavy atom. The number of nitrogens with zero attached hydrogens (tertiary/aromatic N) is 2. The minimum absolute atomic E-state index is 0.0121. The number of carbonyl (C=O) groups is 1. The van der Waals surface area contributed by atoms with Crippen molar-refractivity contribution in [3.63, 3.8) is 0 Å². The lowest BCUT2D eigenvalue weighted by Gasteiger charge is -2.25. The van der Waals surface area contributed by atoms with E-state index in [1.54, 1.807) is 19.9 Å². The number of aromatic nitrogens is 2. The molecule has 208 valence electrons. The maximum Gasteiger partial charge on any atom is 0.459 e. The molecule has 0 spiro atoms. The number of nitrogens with two attached hydrogens (primary N) is 1. The second-order valence-corrected chi connectivity index (χ2v) is 11.8. The number of benzene rings is 1. The summed E-state index contributed by atoms with van der Waals surface area (Å²) in [7, 11) is -4.32. The fourth-order valence-corrected chi connectivity index (χ4v) is 6.67. The van der Waals surface area contributed by atoms with Crippen molar-refractivity contribution < 1.29 is 42.1 Å². The van der Waals surface area contributed by atoms with Crippen LogP contribution in [0.2, 0.25) is 0 Å². The van der Waals surface area contributed by atoms with Crippen LogP contribution in [0.1, 0.15) is 26.1 Å². The molecule has 2 aliphatic rings. The summed E-state index contributed by atoms with van der Waals surface area (Å²) in [4.78, 5) is 28.1. The predicted octanol–water partition coefficient (Wildman–Crippen LogP) is 2.00. The molecule has 0 unspecified atom stereocenters. The Morgan fingerprint density at radius 3 is 2.79 bits per heavy atom. The molecule has 1 aromatic carbocycles. The minimum atomic E-state index is -4.32. The van der Waals surface area contributed by atoms with Crippen LogP contribution in [-0.2, 0) is 18.6 Å². The first kappa shape index (κ1) is 28.2. The van der Waals surface area contributed by atoms with Crippen LogP contribution in [0.5, 0.6) is 17.2 Å². The number of halogens is 1. The van der Waals surface area contributed by atoms with E-state index in [-0.39, 0.29) is 18.4 Å². The molecular formula is C22H28FN4O9PS. The molecule has 0 saturated carbocycles. The number of thioether (sulfide) groups is 1. The van der Waals surface area contributed by atoms with Crippen LogP contribution in [-0.4, -0.2) is 63.7 Å². The molecule has 1 fully saturated rings. The zero-order chi connectivity index (χ0) is 27.6. The van der Waals surface area contributed by atoms with Gasteiger partial charge in [0.05, 0.1) is 18.0 Å². The number of nitrogens with one attached hydrogen (secondary N) is 1. The summed E-state index contributed by atoms with van der Waals surface area (Å²) in [6.45, 7) is 4.29. The number of carbonyl (C=O) groups excluding carboxylic acids is 1. The highest BCUT2D eigenvalue weighted by molar-refractivity contribution is 8.00. The lowest BCUT2D eigenvalue weighted by molar-refractivity contribution is -0.149. The van der Waals surface area contributed by atoms with Crippen LogP contribution in [0.25, 0.3) is 0 Å². The molecule has 6 atom stereocenters. The van der Waals surface area contributed by atoms with Crippen molar-refractivity contribution in [2.24, 2.45) is 0 Å². The molecule has 16 heteroatoms. The number of aliphatic hydroxyl groups excluding tert-OH is 1. The number of esters is 1. The van der Waals surface area contributed by atoms with Crippen LogP contribution in [0, 0.1) is 0 Å². The lowest BCUT2D eigenvalue weighted by Crippen LogP contribution is -2.37. The predicted molar refractivity (Wildman–Crippen MR) is 135 cm³/mol. The van der Waals surface area contributed by atoms with Crippen molar-refractivity contribution >= 4 is 31.3 Å². The van der Waals surface area contributed by atoms with Crippen LogP contribution in [0.4, 0.5) is 10.2 Å². The fourth-order valence-electron chi connectivity index (χ4n) is 3.64. The molecule has 1 aromatic heterocycles. The van der Waals surface area contributed by atoms with Crippen LogP contribution >= 0.6 is 19.5 Å². The summed E-state index contributed by atoms with van der Waals surface area (Å²) in [5.41, 5.74) is 4.72. The normalized spacial score (nSPS) is 24.7. The quantitative estimate of drug-likeness (QED) is 0.278. The third kappa shape index (κ3) is 6.41. The van der Waals surface area contributed by atoms with Crippen molar-refractivity contribution in [1.82, 2.24) is 14.6 Å². The number of nitrogen functional groups attached to an aromatic ring is 1. The molecule has 13 nitrogen and oxygen atoms in total. The summed E-state index contributed by atoms with van der Waals surface area (Å²) < 4.78 is 56.7. The van der Waals surface area contributed by atoms with Gasteiger partial charge in [-0.05, 0) is 39.0 Å². The zero-order valence-electron chi connectivity index (χ0n) is 20.7. The minimum Gasteiger partial charge on any atom is -0.462 e. The number of rotatable bonds is 10. The summed E-state index contributed by atoms with van der Waals surface area (Å²) >= 11 is 0.896. The van der Waals surface area contributed by atoms with Crippen molar-refractivity contribution in [2.75, 3.05) is 19.1 Å². The lowest BCUT2D eigenvalue weighted by atomic mass is 10.1. The van der Waals surface area contributed by atoms with Crippen molar-refractivity contribution in [2.45, 2.75) is 55.8 Å². The SMILES string of the molecule is CC(C)OC(=O)[C@H](C)N[P@@](=O)(OC[C@H]1S[C@@H](n2ccc(N)nc2=O)[C@@H](F)[C@@H]1O)Oc1ccc2c(c1)OCO2. The Hall–Kier alpha value is -2.84. The number of hydrogen-bond donors (Lipinski definition) is 3. The third-order valence-corrected chi connectivity index (χ3v) is 8.63. The summed E-state index contributed by atoms with van der Waals surface area (Å²) in [6, 6.07) is 4.67. The fraction of sp³-hybridized carbons (Fsp3) is 0.500. The molecule has 0 radical (unpaired) electrons. The molecule has 4 N–H and O–H groups in total. The van der Waals surface area contributed by atoms with Crippen molar-refractivity contribution in [3.8, 4) is 17.2 Å². The topological polar surface area (TPSA) is 173 Å².